The minimum absolute atomic E-state index is 0.254. The fourth-order valence-corrected chi connectivity index (χ4v) is 14.8. The van der Waals surface area contributed by atoms with Crippen molar-refractivity contribution >= 4 is 17.5 Å². The summed E-state index contributed by atoms with van der Waals surface area (Å²) in [6.07, 6.45) is 18.4. The Bertz CT molecular complexity index is 1290. The predicted octanol–water partition coefficient (Wildman–Crippen LogP) is 5.45. The standard InChI is InChI=1S/C38H50N4O2/c43-37-24-14-6-4-12-22(24)26-20-27-23-13-5-7-15-25(23)38(44)41-31-19-9-17-29-35(31)42-34-28(39(29)21-10-2-1-3-11-21)16-8-18-30(34)40(37)32(26)36(42)33(27)41/h1-3,10-11,22-36H,4-9,12-20H2. The first kappa shape index (κ1) is 26.0. The van der Waals surface area contributed by atoms with Gasteiger partial charge in [-0.2, -0.15) is 0 Å². The number of rotatable bonds is 1. The number of amides is 2. The molecule has 1 aromatic rings. The van der Waals surface area contributed by atoms with Gasteiger partial charge in [0.25, 0.3) is 0 Å². The van der Waals surface area contributed by atoms with Crippen LogP contribution in [0.15, 0.2) is 30.3 Å². The molecule has 6 nitrogen and oxygen atoms in total. The third-order valence-electron chi connectivity index (χ3n) is 15.7. The van der Waals surface area contributed by atoms with Gasteiger partial charge in [0.2, 0.25) is 11.8 Å². The molecule has 5 saturated carbocycles. The second-order valence-electron chi connectivity index (χ2n) is 16.9. The molecule has 234 valence electrons. The number of piperidine rings is 2. The fourth-order valence-electron chi connectivity index (χ4n) is 14.8. The Kier molecular flexibility index (Phi) is 5.48. The van der Waals surface area contributed by atoms with Crippen molar-refractivity contribution in [1.82, 2.24) is 14.7 Å². The summed E-state index contributed by atoms with van der Waals surface area (Å²) >= 11 is 0. The van der Waals surface area contributed by atoms with Crippen LogP contribution in [0.2, 0.25) is 0 Å². The van der Waals surface area contributed by atoms with Gasteiger partial charge >= 0.3 is 0 Å². The maximum absolute atomic E-state index is 14.9. The van der Waals surface area contributed by atoms with E-state index in [4.69, 9.17) is 0 Å². The van der Waals surface area contributed by atoms with E-state index in [-0.39, 0.29) is 11.8 Å². The minimum atomic E-state index is 0.254. The Morgan fingerprint density at radius 2 is 0.932 bits per heavy atom. The van der Waals surface area contributed by atoms with Gasteiger partial charge in [-0.3, -0.25) is 14.5 Å². The Balaban J connectivity index is 1.14. The molecule has 0 spiro atoms. The highest BCUT2D eigenvalue weighted by atomic mass is 16.2. The van der Waals surface area contributed by atoms with Gasteiger partial charge in [-0.25, -0.2) is 0 Å². The molecular weight excluding hydrogens is 544 g/mol. The minimum Gasteiger partial charge on any atom is -0.362 e. The molecule has 0 aromatic heterocycles. The van der Waals surface area contributed by atoms with Gasteiger partial charge in [0.05, 0.1) is 30.2 Å². The monoisotopic (exact) mass is 594 g/mol. The SMILES string of the molecule is O=C1C2CCCCC2C2CC3C4CCCCC4C(=O)N4C5CCCC6C5N5C(C2N1C1CCCC(C15)N6c1ccccc1)C34. The quantitative estimate of drug-likeness (QED) is 0.434. The molecule has 1 aromatic carbocycles. The molecule has 0 radical (unpaired) electrons. The Hall–Kier alpha value is -2.08. The van der Waals surface area contributed by atoms with Crippen molar-refractivity contribution in [1.29, 1.82) is 0 Å². The number of carbonyl (C=O) groups is 2. The lowest BCUT2D eigenvalue weighted by Gasteiger charge is -2.78. The van der Waals surface area contributed by atoms with Gasteiger partial charge in [-0.15, -0.1) is 0 Å². The molecule has 14 atom stereocenters. The molecule has 5 saturated heterocycles. The second kappa shape index (κ2) is 9.26. The zero-order valence-corrected chi connectivity index (χ0v) is 26.3. The molecule has 14 unspecified atom stereocenters. The first-order valence-corrected chi connectivity index (χ1v) is 19.0. The number of carbonyl (C=O) groups excluding carboxylic acids is 2. The molecule has 10 aliphatic rings. The van der Waals surface area contributed by atoms with Crippen LogP contribution in [0.3, 0.4) is 0 Å². The molecule has 11 rings (SSSR count). The zero-order valence-electron chi connectivity index (χ0n) is 26.3. The first-order valence-electron chi connectivity index (χ1n) is 19.0. The normalized spacial score (nSPS) is 51.7. The topological polar surface area (TPSA) is 47.1 Å². The van der Waals surface area contributed by atoms with E-state index in [1.165, 1.54) is 89.2 Å². The van der Waals surface area contributed by atoms with Crippen LogP contribution in [0.25, 0.3) is 0 Å². The van der Waals surface area contributed by atoms with Crippen molar-refractivity contribution in [3.63, 3.8) is 0 Å². The molecule has 2 amide bonds. The highest BCUT2D eigenvalue weighted by molar-refractivity contribution is 5.83. The van der Waals surface area contributed by atoms with Crippen LogP contribution in [0, 0.1) is 35.5 Å². The summed E-state index contributed by atoms with van der Waals surface area (Å²) in [6.45, 7) is 0. The zero-order chi connectivity index (χ0) is 28.8. The van der Waals surface area contributed by atoms with E-state index in [1.54, 1.807) is 0 Å². The van der Waals surface area contributed by atoms with Crippen LogP contribution >= 0.6 is 0 Å². The van der Waals surface area contributed by atoms with E-state index in [9.17, 15) is 9.59 Å². The third-order valence-corrected chi connectivity index (χ3v) is 15.7. The Labute approximate surface area is 262 Å². The van der Waals surface area contributed by atoms with Crippen molar-refractivity contribution in [2.45, 2.75) is 151 Å². The van der Waals surface area contributed by atoms with E-state index in [1.807, 2.05) is 0 Å². The number of benzene rings is 1. The van der Waals surface area contributed by atoms with Gasteiger partial charge in [-0.05, 0) is 106 Å². The maximum atomic E-state index is 14.9. The van der Waals surface area contributed by atoms with Gasteiger partial charge in [0, 0.05) is 41.7 Å². The second-order valence-corrected chi connectivity index (χ2v) is 16.9. The van der Waals surface area contributed by atoms with Crippen LogP contribution in [-0.2, 0) is 9.59 Å². The number of piperazine rings is 3. The fraction of sp³-hybridized carbons (Fsp3) is 0.789. The van der Waals surface area contributed by atoms with Gasteiger partial charge in [0.1, 0.15) is 0 Å². The highest BCUT2D eigenvalue weighted by Gasteiger charge is 2.74. The van der Waals surface area contributed by atoms with Crippen LogP contribution in [-0.4, -0.2) is 80.9 Å². The summed E-state index contributed by atoms with van der Waals surface area (Å²) in [5.74, 6) is 3.99. The maximum Gasteiger partial charge on any atom is 0.226 e. The van der Waals surface area contributed by atoms with Gasteiger partial charge < -0.3 is 14.7 Å². The van der Waals surface area contributed by atoms with E-state index in [0.717, 1.165) is 12.8 Å². The molecule has 0 N–H and O–H groups in total. The molecule has 6 heteroatoms. The molecule has 10 fully saturated rings. The van der Waals surface area contributed by atoms with E-state index in [0.29, 0.717) is 89.9 Å². The smallest absolute Gasteiger partial charge is 0.226 e. The Morgan fingerprint density at radius 1 is 0.455 bits per heavy atom. The number of nitrogens with zero attached hydrogens (tertiary/aromatic N) is 4. The average Bonchev–Trinajstić information content (AvgIpc) is 3.08. The highest BCUT2D eigenvalue weighted by Crippen LogP contribution is 2.63. The molecular formula is C38H50N4O2. The van der Waals surface area contributed by atoms with E-state index >= 15 is 0 Å². The van der Waals surface area contributed by atoms with Crippen LogP contribution in [0.4, 0.5) is 5.69 Å². The predicted molar refractivity (Wildman–Crippen MR) is 169 cm³/mol. The van der Waals surface area contributed by atoms with Gasteiger partial charge in [0.15, 0.2) is 0 Å². The summed E-state index contributed by atoms with van der Waals surface area (Å²) in [6, 6.07) is 14.7. The summed E-state index contributed by atoms with van der Waals surface area (Å²) in [5.41, 5.74) is 1.38. The van der Waals surface area contributed by atoms with Gasteiger partial charge in [-0.1, -0.05) is 43.9 Å². The number of anilines is 1. The van der Waals surface area contributed by atoms with E-state index < -0.39 is 0 Å². The molecule has 5 aliphatic heterocycles. The van der Waals surface area contributed by atoms with Crippen LogP contribution in [0.1, 0.15) is 96.3 Å². The summed E-state index contributed by atoms with van der Waals surface area (Å²) in [4.78, 5) is 41.0. The average molecular weight is 595 g/mol. The van der Waals surface area contributed by atoms with Crippen molar-refractivity contribution < 1.29 is 9.59 Å². The largest absolute Gasteiger partial charge is 0.362 e. The molecule has 0 bridgehead atoms. The Morgan fingerprint density at radius 3 is 1.45 bits per heavy atom. The summed E-state index contributed by atoms with van der Waals surface area (Å²) < 4.78 is 0. The van der Waals surface area contributed by atoms with Crippen molar-refractivity contribution in [3.05, 3.63) is 30.3 Å². The summed E-state index contributed by atoms with van der Waals surface area (Å²) in [7, 11) is 0. The summed E-state index contributed by atoms with van der Waals surface area (Å²) in [5, 5.41) is 0. The number of para-hydroxylation sites is 1. The first-order chi connectivity index (χ1) is 21.7. The number of hydrogen-bond acceptors (Lipinski definition) is 4. The molecule has 5 aliphatic carbocycles. The van der Waals surface area contributed by atoms with Crippen molar-refractivity contribution in [2.75, 3.05) is 4.90 Å². The van der Waals surface area contributed by atoms with Crippen molar-refractivity contribution in [3.8, 4) is 0 Å². The lowest BCUT2D eigenvalue weighted by atomic mass is 9.50. The third kappa shape index (κ3) is 3.09. The van der Waals surface area contributed by atoms with Crippen LogP contribution in [0.5, 0.6) is 0 Å². The molecule has 44 heavy (non-hydrogen) atoms. The van der Waals surface area contributed by atoms with Crippen molar-refractivity contribution in [2.24, 2.45) is 35.5 Å². The number of hydrogen-bond donors (Lipinski definition) is 0. The molecule has 5 heterocycles. The number of fused-ring (bicyclic) bond motifs is 6. The van der Waals surface area contributed by atoms with Crippen LogP contribution < -0.4 is 4.90 Å². The van der Waals surface area contributed by atoms with E-state index in [2.05, 4.69) is 49.9 Å². The lowest BCUT2D eigenvalue weighted by molar-refractivity contribution is -0.258. The lowest BCUT2D eigenvalue weighted by Crippen LogP contribution is -2.93.